The number of aromatic nitrogens is 3. The first kappa shape index (κ1) is 23.5. The average Bonchev–Trinajstić information content (AvgIpc) is 3.16. The van der Waals surface area contributed by atoms with Gasteiger partial charge in [-0.3, -0.25) is 19.4 Å². The summed E-state index contributed by atoms with van der Waals surface area (Å²) in [6, 6.07) is 0. The van der Waals surface area contributed by atoms with Crippen molar-refractivity contribution < 1.29 is 4.79 Å². The molecule has 3 heterocycles. The summed E-state index contributed by atoms with van der Waals surface area (Å²) in [5.41, 5.74) is 3.34. The molecule has 0 saturated carbocycles. The average molecular weight is 418 g/mol. The van der Waals surface area contributed by atoms with Gasteiger partial charge in [-0.1, -0.05) is 0 Å². The lowest BCUT2D eigenvalue weighted by Gasteiger charge is -2.12. The number of carbonyl (C=O) groups is 1. The molecule has 1 saturated heterocycles. The molecule has 3 N–H and O–H groups in total. The van der Waals surface area contributed by atoms with Crippen molar-refractivity contribution in [3.05, 3.63) is 27.2 Å². The van der Waals surface area contributed by atoms with Crippen LogP contribution in [-0.2, 0) is 18.3 Å². The molecule has 152 valence electrons. The number of fused-ring (bicyclic) bond motifs is 1. The van der Waals surface area contributed by atoms with Crippen molar-refractivity contribution in [2.24, 2.45) is 13.0 Å². The molecule has 9 heteroatoms. The molecule has 3 rings (SSSR count). The summed E-state index contributed by atoms with van der Waals surface area (Å²) in [5.74, 6) is 0.744. The highest BCUT2D eigenvalue weighted by molar-refractivity contribution is 5.85. The van der Waals surface area contributed by atoms with Gasteiger partial charge >= 0.3 is 0 Å². The maximum atomic E-state index is 12.1. The van der Waals surface area contributed by atoms with Crippen molar-refractivity contribution >= 4 is 41.8 Å². The van der Waals surface area contributed by atoms with Crippen molar-refractivity contribution in [3.8, 4) is 0 Å². The van der Waals surface area contributed by atoms with Gasteiger partial charge in [0.2, 0.25) is 5.91 Å². The molecule has 1 aliphatic heterocycles. The summed E-state index contributed by atoms with van der Waals surface area (Å²) in [5, 5.41) is 9.72. The third kappa shape index (κ3) is 5.24. The number of carbonyl (C=O) groups excluding carboxylic acids is 1. The Kier molecular flexibility index (Phi) is 8.78. The molecule has 1 atom stereocenters. The third-order valence-corrected chi connectivity index (χ3v) is 5.21. The number of aryl methyl sites for hydroxylation is 3. The number of hydrogen-bond acceptors (Lipinski definition) is 4. The smallest absolute Gasteiger partial charge is 0.273 e. The van der Waals surface area contributed by atoms with Gasteiger partial charge in [0.25, 0.3) is 5.56 Å². The molecule has 1 unspecified atom stereocenters. The summed E-state index contributed by atoms with van der Waals surface area (Å²) in [6.45, 7) is 6.76. The van der Waals surface area contributed by atoms with E-state index in [1.807, 2.05) is 13.8 Å². The molecule has 2 aromatic rings. The zero-order valence-corrected chi connectivity index (χ0v) is 17.7. The molecule has 1 fully saturated rings. The number of nitrogens with one attached hydrogen (secondary N) is 3. The molecular formula is C18H29Cl2N5O2. The monoisotopic (exact) mass is 417 g/mol. The predicted octanol–water partition coefficient (Wildman–Crippen LogP) is 1.77. The highest BCUT2D eigenvalue weighted by atomic mass is 35.5. The van der Waals surface area contributed by atoms with Crippen molar-refractivity contribution in [2.75, 3.05) is 19.6 Å². The molecule has 1 aliphatic rings. The second-order valence-electron chi connectivity index (χ2n) is 7.00. The summed E-state index contributed by atoms with van der Waals surface area (Å²) in [6.07, 6.45) is 3.25. The minimum absolute atomic E-state index is 0. The van der Waals surface area contributed by atoms with Gasteiger partial charge < -0.3 is 10.6 Å². The Bertz CT molecular complexity index is 840. The first-order chi connectivity index (χ1) is 12.0. The Labute approximate surface area is 171 Å². The summed E-state index contributed by atoms with van der Waals surface area (Å²) >= 11 is 0. The Hall–Kier alpha value is -1.57. The van der Waals surface area contributed by atoms with Crippen LogP contribution >= 0.6 is 24.8 Å². The zero-order chi connectivity index (χ0) is 18.0. The highest BCUT2D eigenvalue weighted by Gasteiger charge is 2.17. The van der Waals surface area contributed by atoms with Crippen molar-refractivity contribution in [2.45, 2.75) is 39.5 Å². The van der Waals surface area contributed by atoms with Gasteiger partial charge in [0, 0.05) is 25.7 Å². The van der Waals surface area contributed by atoms with Crippen LogP contribution in [0.3, 0.4) is 0 Å². The van der Waals surface area contributed by atoms with Gasteiger partial charge in [0.1, 0.15) is 0 Å². The summed E-state index contributed by atoms with van der Waals surface area (Å²) < 4.78 is 1.64. The SMILES string of the molecule is Cc1nc2c(c(C)c1CCC(=O)NCCC1CCNC1)c(=O)[nH]n2C.Cl.Cl. The van der Waals surface area contributed by atoms with E-state index >= 15 is 0 Å². The molecule has 2 aromatic heterocycles. The van der Waals surface area contributed by atoms with E-state index < -0.39 is 0 Å². The summed E-state index contributed by atoms with van der Waals surface area (Å²) in [4.78, 5) is 28.8. The topological polar surface area (TPSA) is 91.8 Å². The molecule has 0 bridgehead atoms. The predicted molar refractivity (Wildman–Crippen MR) is 112 cm³/mol. The van der Waals surface area contributed by atoms with Gasteiger partial charge in [-0.25, -0.2) is 4.98 Å². The Morgan fingerprint density at radius 3 is 2.74 bits per heavy atom. The number of pyridine rings is 1. The van der Waals surface area contributed by atoms with Gasteiger partial charge in [-0.2, -0.15) is 0 Å². The standard InChI is InChI=1S/C18H27N5O2.2ClH/c1-11-14(12(2)21-17-16(11)18(25)22-23(17)3)4-5-15(24)20-9-7-13-6-8-19-10-13;;/h13,19H,4-10H2,1-3H3,(H,20,24)(H,22,25);2*1H. The van der Waals surface area contributed by atoms with Crippen LogP contribution in [0.5, 0.6) is 0 Å². The van der Waals surface area contributed by atoms with Crippen molar-refractivity contribution in [1.29, 1.82) is 0 Å². The van der Waals surface area contributed by atoms with Crippen LogP contribution in [0.4, 0.5) is 0 Å². The Morgan fingerprint density at radius 1 is 1.33 bits per heavy atom. The molecular weight excluding hydrogens is 389 g/mol. The molecule has 0 radical (unpaired) electrons. The molecule has 1 amide bonds. The van der Waals surface area contributed by atoms with Crippen molar-refractivity contribution in [1.82, 2.24) is 25.4 Å². The fraction of sp³-hybridized carbons (Fsp3) is 0.611. The van der Waals surface area contributed by atoms with Crippen LogP contribution in [-0.4, -0.2) is 40.3 Å². The maximum Gasteiger partial charge on any atom is 0.273 e. The molecule has 27 heavy (non-hydrogen) atoms. The van der Waals surface area contributed by atoms with Gasteiger partial charge in [-0.15, -0.1) is 24.8 Å². The lowest BCUT2D eigenvalue weighted by atomic mass is 10.00. The van der Waals surface area contributed by atoms with E-state index in [0.717, 1.165) is 42.9 Å². The van der Waals surface area contributed by atoms with Crippen LogP contribution in [0.25, 0.3) is 11.0 Å². The van der Waals surface area contributed by atoms with E-state index in [2.05, 4.69) is 20.7 Å². The fourth-order valence-electron chi connectivity index (χ4n) is 3.72. The number of halogens is 2. The highest BCUT2D eigenvalue weighted by Crippen LogP contribution is 2.21. The number of amides is 1. The van der Waals surface area contributed by atoms with Crippen LogP contribution in [0.1, 0.15) is 36.1 Å². The van der Waals surface area contributed by atoms with E-state index in [0.29, 0.717) is 29.8 Å². The fourth-order valence-corrected chi connectivity index (χ4v) is 3.72. The van der Waals surface area contributed by atoms with E-state index in [1.54, 1.807) is 11.7 Å². The minimum Gasteiger partial charge on any atom is -0.356 e. The largest absolute Gasteiger partial charge is 0.356 e. The molecule has 0 spiro atoms. The second-order valence-corrected chi connectivity index (χ2v) is 7.00. The van der Waals surface area contributed by atoms with Gasteiger partial charge in [-0.05, 0) is 63.2 Å². The maximum absolute atomic E-state index is 12.1. The van der Waals surface area contributed by atoms with Gasteiger partial charge in [0.15, 0.2) is 5.65 Å². The van der Waals surface area contributed by atoms with Gasteiger partial charge in [0.05, 0.1) is 5.39 Å². The van der Waals surface area contributed by atoms with Crippen LogP contribution in [0, 0.1) is 19.8 Å². The Balaban J connectivity index is 0.00000182. The van der Waals surface area contributed by atoms with E-state index in [-0.39, 0.29) is 36.3 Å². The minimum atomic E-state index is -0.127. The molecule has 0 aliphatic carbocycles. The molecule has 0 aromatic carbocycles. The Morgan fingerprint density at radius 2 is 2.07 bits per heavy atom. The van der Waals surface area contributed by atoms with E-state index in [1.165, 1.54) is 6.42 Å². The lowest BCUT2D eigenvalue weighted by Crippen LogP contribution is -2.26. The third-order valence-electron chi connectivity index (χ3n) is 5.21. The zero-order valence-electron chi connectivity index (χ0n) is 16.1. The van der Waals surface area contributed by atoms with Crippen molar-refractivity contribution in [3.63, 3.8) is 0 Å². The first-order valence-corrected chi connectivity index (χ1v) is 8.99. The molecule has 7 nitrogen and oxygen atoms in total. The quantitative estimate of drug-likeness (QED) is 0.667. The lowest BCUT2D eigenvalue weighted by molar-refractivity contribution is -0.121. The number of H-pyrrole nitrogens is 1. The normalized spacial score (nSPS) is 16.0. The van der Waals surface area contributed by atoms with Crippen LogP contribution in [0.15, 0.2) is 4.79 Å². The van der Waals surface area contributed by atoms with E-state index in [4.69, 9.17) is 0 Å². The number of hydrogen-bond donors (Lipinski definition) is 3. The number of rotatable bonds is 6. The first-order valence-electron chi connectivity index (χ1n) is 8.99. The number of nitrogens with zero attached hydrogens (tertiary/aromatic N) is 2. The van der Waals surface area contributed by atoms with E-state index in [9.17, 15) is 9.59 Å². The van der Waals surface area contributed by atoms with Crippen LogP contribution in [0.2, 0.25) is 0 Å². The summed E-state index contributed by atoms with van der Waals surface area (Å²) in [7, 11) is 1.78. The number of aromatic amines is 1. The second kappa shape index (κ2) is 10.1. The van der Waals surface area contributed by atoms with Crippen LogP contribution < -0.4 is 16.2 Å².